The van der Waals surface area contributed by atoms with Crippen molar-refractivity contribution in [2.75, 3.05) is 25.1 Å². The predicted octanol–water partition coefficient (Wildman–Crippen LogP) is 2.09. The molecule has 0 aliphatic rings. The lowest BCUT2D eigenvalue weighted by Gasteiger charge is -2.29. The van der Waals surface area contributed by atoms with Gasteiger partial charge in [0, 0.05) is 24.2 Å². The molecule has 0 fully saturated rings. The van der Waals surface area contributed by atoms with Crippen molar-refractivity contribution in [3.63, 3.8) is 0 Å². The summed E-state index contributed by atoms with van der Waals surface area (Å²) >= 11 is 0. The zero-order valence-corrected chi connectivity index (χ0v) is 11.4. The Morgan fingerprint density at radius 3 is 2.61 bits per heavy atom. The summed E-state index contributed by atoms with van der Waals surface area (Å²) in [6, 6.07) is 1.73. The highest BCUT2D eigenvalue weighted by atomic mass is 16.5. The van der Waals surface area contributed by atoms with Crippen LogP contribution < -0.4 is 10.1 Å². The van der Waals surface area contributed by atoms with Gasteiger partial charge in [-0.3, -0.25) is 0 Å². The Labute approximate surface area is 109 Å². The van der Waals surface area contributed by atoms with Gasteiger partial charge in [0.1, 0.15) is 0 Å². The Hall–Kier alpha value is -1.36. The monoisotopic (exact) mass is 253 g/mol. The van der Waals surface area contributed by atoms with Crippen LogP contribution in [0.25, 0.3) is 0 Å². The Balaban J connectivity index is 2.64. The van der Waals surface area contributed by atoms with Crippen LogP contribution in [0.3, 0.4) is 0 Å². The Bertz CT molecular complexity index is 346. The Morgan fingerprint density at radius 2 is 2.06 bits per heavy atom. The van der Waals surface area contributed by atoms with E-state index in [0.29, 0.717) is 25.0 Å². The molecule has 0 radical (unpaired) electrons. The topological polar surface area (TPSA) is 67.3 Å². The minimum atomic E-state index is -0.106. The molecule has 2 N–H and O–H groups in total. The molecule has 0 unspecified atom stereocenters. The van der Waals surface area contributed by atoms with Crippen LogP contribution in [0.5, 0.6) is 5.88 Å². The zero-order valence-electron chi connectivity index (χ0n) is 11.4. The second-order valence-electron chi connectivity index (χ2n) is 4.37. The van der Waals surface area contributed by atoms with E-state index in [1.54, 1.807) is 12.3 Å². The summed E-state index contributed by atoms with van der Waals surface area (Å²) in [5.41, 5.74) is -0.106. The molecular weight excluding hydrogens is 230 g/mol. The van der Waals surface area contributed by atoms with Crippen LogP contribution in [0, 0.1) is 5.41 Å². The van der Waals surface area contributed by atoms with Crippen molar-refractivity contribution in [2.45, 2.75) is 33.6 Å². The van der Waals surface area contributed by atoms with Crippen LogP contribution in [0.15, 0.2) is 12.3 Å². The number of aliphatic hydroxyl groups is 1. The number of rotatable bonds is 8. The van der Waals surface area contributed by atoms with Crippen molar-refractivity contribution in [3.05, 3.63) is 12.3 Å². The Kier molecular flexibility index (Phi) is 5.85. The molecule has 0 spiro atoms. The number of hydrogen-bond acceptors (Lipinski definition) is 5. The molecule has 1 aromatic heterocycles. The summed E-state index contributed by atoms with van der Waals surface area (Å²) in [4.78, 5) is 8.39. The van der Waals surface area contributed by atoms with Gasteiger partial charge < -0.3 is 15.2 Å². The standard InChI is InChI=1S/C13H23N3O2/c1-4-13(5-2,10-17)9-15-12-14-8-7-11(16-12)18-6-3/h7-8,17H,4-6,9-10H2,1-3H3,(H,14,15,16). The van der Waals surface area contributed by atoms with Gasteiger partial charge in [-0.25, -0.2) is 4.98 Å². The van der Waals surface area contributed by atoms with E-state index in [0.717, 1.165) is 12.8 Å². The molecule has 18 heavy (non-hydrogen) atoms. The molecule has 1 rings (SSSR count). The fourth-order valence-corrected chi connectivity index (χ4v) is 1.70. The SMILES string of the molecule is CCOc1ccnc(NCC(CC)(CC)CO)n1. The predicted molar refractivity (Wildman–Crippen MR) is 71.8 cm³/mol. The van der Waals surface area contributed by atoms with E-state index in [9.17, 15) is 5.11 Å². The second kappa shape index (κ2) is 7.16. The van der Waals surface area contributed by atoms with Crippen LogP contribution in [0.1, 0.15) is 33.6 Å². The molecule has 0 bridgehead atoms. The van der Waals surface area contributed by atoms with Gasteiger partial charge in [0.05, 0.1) is 13.2 Å². The molecule has 0 aromatic carbocycles. The number of hydrogen-bond donors (Lipinski definition) is 2. The fraction of sp³-hybridized carbons (Fsp3) is 0.692. The summed E-state index contributed by atoms with van der Waals surface area (Å²) in [7, 11) is 0. The average molecular weight is 253 g/mol. The first kappa shape index (κ1) is 14.7. The minimum absolute atomic E-state index is 0.106. The molecule has 5 heteroatoms. The lowest BCUT2D eigenvalue weighted by molar-refractivity contribution is 0.127. The smallest absolute Gasteiger partial charge is 0.225 e. The fourth-order valence-electron chi connectivity index (χ4n) is 1.70. The van der Waals surface area contributed by atoms with Gasteiger partial charge in [0.2, 0.25) is 11.8 Å². The van der Waals surface area contributed by atoms with Gasteiger partial charge in [0.15, 0.2) is 0 Å². The number of anilines is 1. The highest BCUT2D eigenvalue weighted by Crippen LogP contribution is 2.25. The number of aromatic nitrogens is 2. The maximum atomic E-state index is 9.49. The van der Waals surface area contributed by atoms with E-state index in [1.165, 1.54) is 0 Å². The number of aliphatic hydroxyl groups excluding tert-OH is 1. The summed E-state index contributed by atoms with van der Waals surface area (Å²) in [5, 5.41) is 12.7. The summed E-state index contributed by atoms with van der Waals surface area (Å²) in [6.45, 7) is 7.49. The molecule has 0 atom stereocenters. The molecule has 1 heterocycles. The quantitative estimate of drug-likeness (QED) is 0.742. The van der Waals surface area contributed by atoms with Crippen molar-refractivity contribution >= 4 is 5.95 Å². The van der Waals surface area contributed by atoms with E-state index in [2.05, 4.69) is 29.1 Å². The van der Waals surface area contributed by atoms with E-state index in [4.69, 9.17) is 4.74 Å². The van der Waals surface area contributed by atoms with Crippen molar-refractivity contribution < 1.29 is 9.84 Å². The van der Waals surface area contributed by atoms with E-state index < -0.39 is 0 Å². The van der Waals surface area contributed by atoms with E-state index in [-0.39, 0.29) is 12.0 Å². The number of nitrogens with one attached hydrogen (secondary N) is 1. The van der Waals surface area contributed by atoms with Gasteiger partial charge in [-0.15, -0.1) is 0 Å². The van der Waals surface area contributed by atoms with Gasteiger partial charge >= 0.3 is 0 Å². The Morgan fingerprint density at radius 1 is 1.33 bits per heavy atom. The number of nitrogens with zero attached hydrogens (tertiary/aromatic N) is 2. The lowest BCUT2D eigenvalue weighted by atomic mass is 9.83. The van der Waals surface area contributed by atoms with Crippen molar-refractivity contribution in [1.82, 2.24) is 9.97 Å². The number of ether oxygens (including phenoxy) is 1. The molecule has 0 saturated heterocycles. The first-order valence-corrected chi connectivity index (χ1v) is 6.50. The maximum Gasteiger partial charge on any atom is 0.225 e. The molecule has 5 nitrogen and oxygen atoms in total. The van der Waals surface area contributed by atoms with Gasteiger partial charge in [0.25, 0.3) is 0 Å². The minimum Gasteiger partial charge on any atom is -0.478 e. The van der Waals surface area contributed by atoms with Crippen molar-refractivity contribution in [1.29, 1.82) is 0 Å². The summed E-state index contributed by atoms with van der Waals surface area (Å²) in [6.07, 6.45) is 3.50. The highest BCUT2D eigenvalue weighted by Gasteiger charge is 2.25. The van der Waals surface area contributed by atoms with Crippen LogP contribution in [0.2, 0.25) is 0 Å². The maximum absolute atomic E-state index is 9.49. The first-order valence-electron chi connectivity index (χ1n) is 6.50. The van der Waals surface area contributed by atoms with E-state index in [1.807, 2.05) is 6.92 Å². The van der Waals surface area contributed by atoms with E-state index >= 15 is 0 Å². The third-order valence-electron chi connectivity index (χ3n) is 3.38. The first-order chi connectivity index (χ1) is 8.69. The normalized spacial score (nSPS) is 11.3. The summed E-state index contributed by atoms with van der Waals surface area (Å²) < 4.78 is 5.32. The largest absolute Gasteiger partial charge is 0.478 e. The molecule has 0 amide bonds. The highest BCUT2D eigenvalue weighted by molar-refractivity contribution is 5.27. The van der Waals surface area contributed by atoms with Crippen molar-refractivity contribution in [2.24, 2.45) is 5.41 Å². The average Bonchev–Trinajstić information content (AvgIpc) is 2.42. The molecular formula is C13H23N3O2. The van der Waals surface area contributed by atoms with Crippen LogP contribution in [-0.4, -0.2) is 34.8 Å². The third-order valence-corrected chi connectivity index (χ3v) is 3.38. The molecule has 102 valence electrons. The van der Waals surface area contributed by atoms with Gasteiger partial charge in [-0.2, -0.15) is 4.98 Å². The third kappa shape index (κ3) is 3.84. The molecule has 0 aliphatic heterocycles. The molecule has 0 aliphatic carbocycles. The zero-order chi connectivity index (χ0) is 13.4. The van der Waals surface area contributed by atoms with Gasteiger partial charge in [-0.05, 0) is 19.8 Å². The van der Waals surface area contributed by atoms with Gasteiger partial charge in [-0.1, -0.05) is 13.8 Å². The molecule has 1 aromatic rings. The van der Waals surface area contributed by atoms with Crippen LogP contribution >= 0.6 is 0 Å². The van der Waals surface area contributed by atoms with Crippen molar-refractivity contribution in [3.8, 4) is 5.88 Å². The van der Waals surface area contributed by atoms with Crippen LogP contribution in [-0.2, 0) is 0 Å². The lowest BCUT2D eigenvalue weighted by Crippen LogP contribution is -2.32. The summed E-state index contributed by atoms with van der Waals surface area (Å²) in [5.74, 6) is 1.11. The molecule has 0 saturated carbocycles. The van der Waals surface area contributed by atoms with Crippen LogP contribution in [0.4, 0.5) is 5.95 Å². The second-order valence-corrected chi connectivity index (χ2v) is 4.37.